The van der Waals surface area contributed by atoms with E-state index in [1.807, 2.05) is 0 Å². The molecule has 158 valence electrons. The Balaban J connectivity index is 2.25. The fourth-order valence-corrected chi connectivity index (χ4v) is 3.46. The second-order valence-electron chi connectivity index (χ2n) is 9.65. The molecule has 0 fully saturated rings. The number of amidine groups is 2. The van der Waals surface area contributed by atoms with Crippen LogP contribution in [0.25, 0.3) is 0 Å². The van der Waals surface area contributed by atoms with Gasteiger partial charge in [-0.1, -0.05) is 10.1 Å². The Hall–Kier alpha value is -2.59. The summed E-state index contributed by atoms with van der Waals surface area (Å²) in [5.41, 5.74) is -4.86. The van der Waals surface area contributed by atoms with Gasteiger partial charge in [0.15, 0.2) is 11.1 Å². The highest BCUT2D eigenvalue weighted by Crippen LogP contribution is 2.38. The van der Waals surface area contributed by atoms with E-state index in [2.05, 4.69) is 0 Å². The molecule has 0 amide bonds. The second-order valence-corrected chi connectivity index (χ2v) is 9.65. The molecule has 0 saturated heterocycles. The van der Waals surface area contributed by atoms with Crippen LogP contribution in [0.1, 0.15) is 66.8 Å². The van der Waals surface area contributed by atoms with E-state index in [1.54, 1.807) is 55.4 Å². The summed E-state index contributed by atoms with van der Waals surface area (Å²) >= 11 is 0. The third-order valence-electron chi connectivity index (χ3n) is 7.20. The van der Waals surface area contributed by atoms with Gasteiger partial charge in [-0.25, -0.2) is 9.48 Å². The first kappa shape index (κ1) is 21.1. The molecule has 0 unspecified atom stereocenters. The summed E-state index contributed by atoms with van der Waals surface area (Å²) in [5, 5.41) is 65.9. The van der Waals surface area contributed by atoms with Crippen molar-refractivity contribution in [3.05, 3.63) is 45.2 Å². The van der Waals surface area contributed by atoms with E-state index in [0.29, 0.717) is 24.3 Å². The van der Waals surface area contributed by atoms with Crippen molar-refractivity contribution in [1.29, 1.82) is 0 Å². The number of rotatable bonds is 2. The van der Waals surface area contributed by atoms with E-state index in [9.17, 15) is 26.0 Å². The van der Waals surface area contributed by atoms with Crippen LogP contribution in [0.5, 0.6) is 0 Å². The van der Waals surface area contributed by atoms with E-state index in [1.165, 1.54) is 18.2 Å². The molecule has 0 atom stereocenters. The molecule has 0 aliphatic carbocycles. The first-order valence-corrected chi connectivity index (χ1v) is 9.39. The molecule has 1 aromatic heterocycles. The minimum Gasteiger partial charge on any atom is -0.714 e. The number of hydrogen-bond acceptors (Lipinski definition) is 5. The lowest BCUT2D eigenvalue weighted by Gasteiger charge is -2.32. The van der Waals surface area contributed by atoms with Gasteiger partial charge in [0, 0.05) is 22.5 Å². The maximum absolute atomic E-state index is 13.2. The molecule has 0 spiro atoms. The van der Waals surface area contributed by atoms with Crippen molar-refractivity contribution in [2.45, 2.75) is 77.5 Å². The number of aromatic nitrogens is 1. The minimum atomic E-state index is -1.10. The van der Waals surface area contributed by atoms with Gasteiger partial charge in [-0.3, -0.25) is 0 Å². The van der Waals surface area contributed by atoms with Crippen LogP contribution in [0.3, 0.4) is 0 Å². The first-order chi connectivity index (χ1) is 13.0. The maximum atomic E-state index is 13.2. The Morgan fingerprint density at radius 3 is 1.24 bits per heavy atom. The van der Waals surface area contributed by atoms with Gasteiger partial charge in [0.1, 0.15) is 11.1 Å². The smallest absolute Gasteiger partial charge is 0.383 e. The van der Waals surface area contributed by atoms with Gasteiger partial charge in [0.2, 0.25) is 0 Å². The van der Waals surface area contributed by atoms with E-state index in [4.69, 9.17) is 0 Å². The largest absolute Gasteiger partial charge is 0.714 e. The van der Waals surface area contributed by atoms with Gasteiger partial charge >= 0.3 is 23.1 Å². The van der Waals surface area contributed by atoms with E-state index in [-0.39, 0.29) is 23.1 Å². The summed E-state index contributed by atoms with van der Waals surface area (Å²) < 4.78 is 1.35. The van der Waals surface area contributed by atoms with Gasteiger partial charge in [-0.05, 0) is 61.5 Å². The molecule has 0 aromatic carbocycles. The fourth-order valence-electron chi connectivity index (χ4n) is 3.46. The molecular weight excluding hydrogens is 378 g/mol. The Morgan fingerprint density at radius 1 is 0.690 bits per heavy atom. The number of pyridine rings is 1. The van der Waals surface area contributed by atoms with Crippen molar-refractivity contribution in [2.24, 2.45) is 0 Å². The molecule has 0 bridgehead atoms. The zero-order chi connectivity index (χ0) is 22.3. The topological polar surface area (TPSA) is 125 Å². The van der Waals surface area contributed by atoms with Gasteiger partial charge in [-0.2, -0.15) is 4.73 Å². The third kappa shape index (κ3) is 2.32. The monoisotopic (exact) mass is 405 g/mol. The molecule has 2 aliphatic heterocycles. The quantitative estimate of drug-likeness (QED) is 0.541. The van der Waals surface area contributed by atoms with Crippen LogP contribution in [0.2, 0.25) is 0 Å². The van der Waals surface area contributed by atoms with Gasteiger partial charge < -0.3 is 15.6 Å². The Bertz CT molecular complexity index is 876. The average molecular weight is 405 g/mol. The van der Waals surface area contributed by atoms with Crippen LogP contribution in [0, 0.1) is 15.6 Å². The lowest BCUT2D eigenvalue weighted by atomic mass is 9.84. The molecule has 2 aliphatic rings. The van der Waals surface area contributed by atoms with E-state index < -0.39 is 22.2 Å². The predicted octanol–water partition coefficient (Wildman–Crippen LogP) is 1.27. The van der Waals surface area contributed by atoms with Crippen LogP contribution in [-0.2, 0) is 10.4 Å². The van der Waals surface area contributed by atoms with Crippen molar-refractivity contribution < 1.29 is 24.6 Å². The molecule has 10 nitrogen and oxygen atoms in total. The van der Waals surface area contributed by atoms with E-state index >= 15 is 0 Å². The molecule has 2 radical (unpaired) electrons. The minimum absolute atomic E-state index is 0.219. The third-order valence-corrected chi connectivity index (χ3v) is 7.20. The number of hydrogen-bond donors (Lipinski definition) is 0. The molecule has 1 aromatic rings. The summed E-state index contributed by atoms with van der Waals surface area (Å²) in [6.07, 6.45) is 0. The lowest BCUT2D eigenvalue weighted by molar-refractivity contribution is -0.620. The summed E-state index contributed by atoms with van der Waals surface area (Å²) in [4.78, 5) is 0. The molecule has 3 heterocycles. The molecule has 29 heavy (non-hydrogen) atoms. The molecule has 0 saturated carbocycles. The molecule has 0 N–H and O–H groups in total. The Kier molecular flexibility index (Phi) is 4.17. The lowest BCUT2D eigenvalue weighted by Crippen LogP contribution is -2.54. The van der Waals surface area contributed by atoms with Crippen molar-refractivity contribution in [2.75, 3.05) is 0 Å². The van der Waals surface area contributed by atoms with Gasteiger partial charge in [0.05, 0.1) is 0 Å². The highest BCUT2D eigenvalue weighted by atomic mass is 16.6. The summed E-state index contributed by atoms with van der Waals surface area (Å²) in [7, 11) is 0. The Labute approximate surface area is 169 Å². The number of nitrogens with zero attached hydrogens (tertiary/aromatic N) is 5. The summed E-state index contributed by atoms with van der Waals surface area (Å²) in [6, 6.07) is 4.10. The van der Waals surface area contributed by atoms with Gasteiger partial charge in [-0.15, -0.1) is 0 Å². The summed E-state index contributed by atoms with van der Waals surface area (Å²) in [5.74, 6) is -0.715. The van der Waals surface area contributed by atoms with Crippen LogP contribution in [0.4, 0.5) is 0 Å². The van der Waals surface area contributed by atoms with Crippen LogP contribution in [0.15, 0.2) is 18.2 Å². The van der Waals surface area contributed by atoms with Crippen molar-refractivity contribution >= 4 is 11.7 Å². The van der Waals surface area contributed by atoms with Crippen molar-refractivity contribution in [3.63, 3.8) is 0 Å². The fraction of sp³-hybridized carbons (Fsp3) is 0.632. The SMILES string of the molecule is CC1(C)N([O])C(c2cccc(C3=[N+]([O-])C(C)(C)C(C)(C)N3[O])[n+]2[O-])=[N+]([O-])C1(C)C. The van der Waals surface area contributed by atoms with Crippen LogP contribution in [-0.4, -0.2) is 53.4 Å². The molecule has 3 rings (SSSR count). The predicted molar refractivity (Wildman–Crippen MR) is 102 cm³/mol. The maximum Gasteiger partial charge on any atom is 0.383 e. The standard InChI is InChI=1S/C19H27N5O5/c1-16(2)17(3,4)22(27)14(21(16)26)12-10-9-11-13(20(12)25)15-23(28)18(5,6)19(7,8)24(15)29/h9-11H,1-8H3. The molecule has 10 heteroatoms. The van der Waals surface area contributed by atoms with Crippen molar-refractivity contribution in [1.82, 2.24) is 10.1 Å². The number of hydroxylamine groups is 6. The van der Waals surface area contributed by atoms with Crippen molar-refractivity contribution in [3.8, 4) is 0 Å². The highest BCUT2D eigenvalue weighted by molar-refractivity contribution is 5.95. The van der Waals surface area contributed by atoms with E-state index in [0.717, 1.165) is 0 Å². The Morgan fingerprint density at radius 2 is 1.00 bits per heavy atom. The zero-order valence-corrected chi connectivity index (χ0v) is 18.0. The van der Waals surface area contributed by atoms with Gasteiger partial charge in [0.25, 0.3) is 0 Å². The average Bonchev–Trinajstić information content (AvgIpc) is 2.81. The zero-order valence-electron chi connectivity index (χ0n) is 18.0. The molecular formula is C19H27N5O5. The van der Waals surface area contributed by atoms with Crippen LogP contribution >= 0.6 is 0 Å². The van der Waals surface area contributed by atoms with Crippen LogP contribution < -0.4 is 4.73 Å². The second kappa shape index (κ2) is 5.73. The normalized spacial score (nSPS) is 24.6. The summed E-state index contributed by atoms with van der Waals surface area (Å²) in [6.45, 7) is 12.9. The highest BCUT2D eigenvalue weighted by Gasteiger charge is 2.64. The first-order valence-electron chi connectivity index (χ1n) is 9.39.